The van der Waals surface area contributed by atoms with Gasteiger partial charge < -0.3 is 18.0 Å². The summed E-state index contributed by atoms with van der Waals surface area (Å²) in [7, 11) is 4.09. The molecular formula is C14H24O4Si. The van der Waals surface area contributed by atoms with Crippen molar-refractivity contribution in [2.24, 2.45) is 0 Å². The van der Waals surface area contributed by atoms with E-state index in [1.165, 1.54) is 11.1 Å². The SMILES string of the molecule is COc1c(CC[Si](OC)(OC)OC)ccc(C)c1C. The molecule has 0 saturated heterocycles. The van der Waals surface area contributed by atoms with Gasteiger partial charge in [0, 0.05) is 27.4 Å². The Bertz CT molecular complexity index is 408. The lowest BCUT2D eigenvalue weighted by Crippen LogP contribution is -2.43. The van der Waals surface area contributed by atoms with Gasteiger partial charge in [-0.3, -0.25) is 0 Å². The first-order valence-electron chi connectivity index (χ1n) is 6.32. The Morgan fingerprint density at radius 3 is 2.00 bits per heavy atom. The Morgan fingerprint density at radius 2 is 1.53 bits per heavy atom. The van der Waals surface area contributed by atoms with Crippen LogP contribution in [0.5, 0.6) is 5.75 Å². The van der Waals surface area contributed by atoms with E-state index in [1.807, 2.05) is 0 Å². The Labute approximate surface area is 117 Å². The topological polar surface area (TPSA) is 36.9 Å². The lowest BCUT2D eigenvalue weighted by atomic mass is 10.0. The molecule has 5 heteroatoms. The molecule has 0 bridgehead atoms. The van der Waals surface area contributed by atoms with Crippen LogP contribution in [-0.4, -0.2) is 37.2 Å². The van der Waals surface area contributed by atoms with Crippen LogP contribution < -0.4 is 4.74 Å². The summed E-state index contributed by atoms with van der Waals surface area (Å²) in [5.41, 5.74) is 3.57. The van der Waals surface area contributed by atoms with Crippen molar-refractivity contribution >= 4 is 8.80 Å². The van der Waals surface area contributed by atoms with Crippen molar-refractivity contribution in [3.63, 3.8) is 0 Å². The van der Waals surface area contributed by atoms with E-state index in [0.717, 1.165) is 23.8 Å². The van der Waals surface area contributed by atoms with Gasteiger partial charge in [0.2, 0.25) is 0 Å². The maximum Gasteiger partial charge on any atom is 0.500 e. The second-order valence-corrected chi connectivity index (χ2v) is 7.59. The van der Waals surface area contributed by atoms with E-state index in [2.05, 4.69) is 26.0 Å². The van der Waals surface area contributed by atoms with E-state index in [-0.39, 0.29) is 0 Å². The summed E-state index contributed by atoms with van der Waals surface area (Å²) >= 11 is 0. The summed E-state index contributed by atoms with van der Waals surface area (Å²) in [6, 6.07) is 4.94. The van der Waals surface area contributed by atoms with Gasteiger partial charge in [0.25, 0.3) is 0 Å². The molecule has 108 valence electrons. The van der Waals surface area contributed by atoms with Crippen LogP contribution in [0.2, 0.25) is 6.04 Å². The summed E-state index contributed by atoms with van der Waals surface area (Å²) in [4.78, 5) is 0. The van der Waals surface area contributed by atoms with Crippen LogP contribution in [0.15, 0.2) is 12.1 Å². The van der Waals surface area contributed by atoms with Crippen molar-refractivity contribution in [1.82, 2.24) is 0 Å². The van der Waals surface area contributed by atoms with Gasteiger partial charge in [0.05, 0.1) is 7.11 Å². The van der Waals surface area contributed by atoms with E-state index < -0.39 is 8.80 Å². The van der Waals surface area contributed by atoms with Crippen molar-refractivity contribution in [3.8, 4) is 5.75 Å². The third-order valence-electron chi connectivity index (χ3n) is 3.60. The first-order chi connectivity index (χ1) is 9.03. The van der Waals surface area contributed by atoms with Crippen LogP contribution in [0, 0.1) is 13.8 Å². The number of hydrogen-bond donors (Lipinski definition) is 0. The Morgan fingerprint density at radius 1 is 0.947 bits per heavy atom. The maximum atomic E-state index is 5.52. The molecule has 1 aromatic rings. The Balaban J connectivity index is 2.91. The zero-order chi connectivity index (χ0) is 14.5. The number of methoxy groups -OCH3 is 1. The monoisotopic (exact) mass is 284 g/mol. The zero-order valence-corrected chi connectivity index (χ0v) is 13.7. The predicted molar refractivity (Wildman–Crippen MR) is 77.8 cm³/mol. The minimum Gasteiger partial charge on any atom is -0.496 e. The van der Waals surface area contributed by atoms with Crippen molar-refractivity contribution in [1.29, 1.82) is 0 Å². The Hall–Kier alpha value is -0.883. The van der Waals surface area contributed by atoms with Gasteiger partial charge in [-0.05, 0) is 37.0 Å². The van der Waals surface area contributed by atoms with Gasteiger partial charge in [0.1, 0.15) is 5.75 Å². The minimum atomic E-state index is -2.52. The molecule has 0 spiro atoms. The predicted octanol–water partition coefficient (Wildman–Crippen LogP) is 2.73. The summed E-state index contributed by atoms with van der Waals surface area (Å²) in [5, 5.41) is 0. The molecule has 0 aliphatic heterocycles. The molecule has 0 unspecified atom stereocenters. The highest BCUT2D eigenvalue weighted by atomic mass is 28.4. The third-order valence-corrected chi connectivity index (χ3v) is 6.32. The van der Waals surface area contributed by atoms with Crippen LogP contribution in [-0.2, 0) is 19.7 Å². The summed E-state index contributed by atoms with van der Waals surface area (Å²) in [5.74, 6) is 0.950. The molecule has 0 aromatic heterocycles. The highest BCUT2D eigenvalue weighted by molar-refractivity contribution is 6.60. The second-order valence-electron chi connectivity index (χ2n) is 4.50. The van der Waals surface area contributed by atoms with Crippen molar-refractivity contribution < 1.29 is 18.0 Å². The molecular weight excluding hydrogens is 260 g/mol. The number of benzene rings is 1. The highest BCUT2D eigenvalue weighted by Gasteiger charge is 2.37. The van der Waals surface area contributed by atoms with E-state index in [1.54, 1.807) is 28.4 Å². The minimum absolute atomic E-state index is 0.732. The molecule has 0 N–H and O–H groups in total. The second kappa shape index (κ2) is 7.05. The lowest BCUT2D eigenvalue weighted by Gasteiger charge is -2.24. The average Bonchev–Trinajstić information content (AvgIpc) is 2.45. The zero-order valence-electron chi connectivity index (χ0n) is 12.7. The molecule has 4 nitrogen and oxygen atoms in total. The van der Waals surface area contributed by atoms with Crippen LogP contribution in [0.4, 0.5) is 0 Å². The molecule has 0 saturated carbocycles. The summed E-state index contributed by atoms with van der Waals surface area (Å²) in [6.45, 7) is 4.16. The normalized spacial score (nSPS) is 11.7. The fraction of sp³-hybridized carbons (Fsp3) is 0.571. The van der Waals surface area contributed by atoms with E-state index in [9.17, 15) is 0 Å². The van der Waals surface area contributed by atoms with Crippen LogP contribution in [0.1, 0.15) is 16.7 Å². The number of ether oxygens (including phenoxy) is 1. The fourth-order valence-electron chi connectivity index (χ4n) is 2.17. The van der Waals surface area contributed by atoms with Crippen LogP contribution >= 0.6 is 0 Å². The molecule has 1 aromatic carbocycles. The van der Waals surface area contributed by atoms with E-state index >= 15 is 0 Å². The maximum absolute atomic E-state index is 5.52. The van der Waals surface area contributed by atoms with Crippen molar-refractivity contribution in [3.05, 3.63) is 28.8 Å². The largest absolute Gasteiger partial charge is 0.500 e. The van der Waals surface area contributed by atoms with Gasteiger partial charge in [-0.15, -0.1) is 0 Å². The molecule has 0 atom stereocenters. The molecule has 0 aliphatic rings. The third kappa shape index (κ3) is 3.57. The molecule has 1 rings (SSSR count). The fourth-order valence-corrected chi connectivity index (χ4v) is 3.86. The smallest absolute Gasteiger partial charge is 0.496 e. The lowest BCUT2D eigenvalue weighted by molar-refractivity contribution is 0.123. The first kappa shape index (κ1) is 16.2. The standard InChI is InChI=1S/C14H24O4Si/c1-11-7-8-13(14(15-3)12(11)2)9-10-19(16-4,17-5)18-6/h7-8H,9-10H2,1-6H3. The summed E-state index contributed by atoms with van der Waals surface area (Å²) < 4.78 is 21.8. The number of hydrogen-bond acceptors (Lipinski definition) is 4. The van der Waals surface area contributed by atoms with Gasteiger partial charge >= 0.3 is 8.80 Å². The van der Waals surface area contributed by atoms with Crippen molar-refractivity contribution in [2.75, 3.05) is 28.4 Å². The molecule has 19 heavy (non-hydrogen) atoms. The quantitative estimate of drug-likeness (QED) is 0.721. The van der Waals surface area contributed by atoms with Gasteiger partial charge in [-0.25, -0.2) is 0 Å². The first-order valence-corrected chi connectivity index (χ1v) is 8.25. The van der Waals surface area contributed by atoms with Gasteiger partial charge in [0.15, 0.2) is 0 Å². The van der Waals surface area contributed by atoms with Gasteiger partial charge in [-0.2, -0.15) is 0 Å². The Kier molecular flexibility index (Phi) is 6.00. The molecule has 0 fully saturated rings. The van der Waals surface area contributed by atoms with Crippen LogP contribution in [0.25, 0.3) is 0 Å². The van der Waals surface area contributed by atoms with Gasteiger partial charge in [-0.1, -0.05) is 12.1 Å². The molecule has 0 amide bonds. The molecule has 0 heterocycles. The number of rotatable bonds is 7. The van der Waals surface area contributed by atoms with E-state index in [0.29, 0.717) is 0 Å². The van der Waals surface area contributed by atoms with Crippen LogP contribution in [0.3, 0.4) is 0 Å². The van der Waals surface area contributed by atoms with E-state index in [4.69, 9.17) is 18.0 Å². The average molecular weight is 284 g/mol. The number of aryl methyl sites for hydroxylation is 2. The highest BCUT2D eigenvalue weighted by Crippen LogP contribution is 2.29. The molecule has 0 radical (unpaired) electrons. The van der Waals surface area contributed by atoms with Crippen molar-refractivity contribution in [2.45, 2.75) is 26.3 Å². The summed E-state index contributed by atoms with van der Waals surface area (Å²) in [6.07, 6.45) is 0.812. The molecule has 0 aliphatic carbocycles.